The Morgan fingerprint density at radius 1 is 0.733 bits per heavy atom. The van der Waals surface area contributed by atoms with E-state index in [1.165, 1.54) is 0 Å². The molecule has 4 saturated carbocycles. The fourth-order valence-electron chi connectivity index (χ4n) is 7.84. The van der Waals surface area contributed by atoms with Gasteiger partial charge in [0.1, 0.15) is 0 Å². The number of amides is 1. The lowest BCUT2D eigenvalue weighted by atomic mass is 9.76. The van der Waals surface area contributed by atoms with Crippen molar-refractivity contribution in [1.29, 1.82) is 0 Å². The van der Waals surface area contributed by atoms with Gasteiger partial charge in [0.2, 0.25) is 18.0 Å². The maximum atomic E-state index is 13.5. The summed E-state index contributed by atoms with van der Waals surface area (Å²) in [5.74, 6) is -3.79. The lowest BCUT2D eigenvalue weighted by Gasteiger charge is -2.36. The van der Waals surface area contributed by atoms with Crippen molar-refractivity contribution in [1.82, 2.24) is 10.8 Å². The molecule has 0 bridgehead atoms. The molecule has 1 amide bonds. The summed E-state index contributed by atoms with van der Waals surface area (Å²) in [5.41, 5.74) is 3.04. The number of carbonyl (C=O) groups is 2. The van der Waals surface area contributed by atoms with Crippen LogP contribution in [0.3, 0.4) is 0 Å². The molecular weight excluding hydrogens is 616 g/mol. The van der Waals surface area contributed by atoms with E-state index in [1.807, 2.05) is 0 Å². The van der Waals surface area contributed by atoms with Gasteiger partial charge in [-0.05, 0) is 76.0 Å². The first-order valence-corrected chi connectivity index (χ1v) is 17.7. The predicted octanol–water partition coefficient (Wildman–Crippen LogP) is 2.36. The molecular formula is C28H46N4O12S. The van der Waals surface area contributed by atoms with Gasteiger partial charge in [0.15, 0.2) is 9.84 Å². The number of carboxylic acid groups (broad SMARTS) is 1. The van der Waals surface area contributed by atoms with Crippen molar-refractivity contribution in [2.75, 3.05) is 13.2 Å². The second kappa shape index (κ2) is 15.9. The first-order chi connectivity index (χ1) is 21.4. The van der Waals surface area contributed by atoms with Crippen LogP contribution >= 0.6 is 0 Å². The number of nitrogens with one attached hydrogen (secondary N) is 2. The van der Waals surface area contributed by atoms with Crippen molar-refractivity contribution >= 4 is 21.7 Å². The van der Waals surface area contributed by atoms with Crippen molar-refractivity contribution in [2.24, 2.45) is 23.7 Å². The molecule has 0 aliphatic heterocycles. The van der Waals surface area contributed by atoms with Gasteiger partial charge in [-0.15, -0.1) is 0 Å². The van der Waals surface area contributed by atoms with E-state index in [9.17, 15) is 43.3 Å². The van der Waals surface area contributed by atoms with E-state index in [1.54, 1.807) is 0 Å². The smallest absolute Gasteiger partial charge is 0.307 e. The Kier molecular flexibility index (Phi) is 12.5. The van der Waals surface area contributed by atoms with Crippen molar-refractivity contribution in [3.8, 4) is 0 Å². The van der Waals surface area contributed by atoms with Gasteiger partial charge in [0, 0.05) is 47.6 Å². The molecule has 4 aliphatic carbocycles. The molecule has 16 nitrogen and oxygen atoms in total. The number of hydrogen-bond acceptors (Lipinski definition) is 12. The first-order valence-electron chi connectivity index (χ1n) is 16.1. The van der Waals surface area contributed by atoms with E-state index in [0.717, 1.165) is 0 Å². The highest BCUT2D eigenvalue weighted by atomic mass is 32.2. The Morgan fingerprint density at radius 2 is 1.29 bits per heavy atom. The van der Waals surface area contributed by atoms with Crippen LogP contribution in [0.2, 0.25) is 0 Å². The molecule has 17 heteroatoms. The molecule has 6 atom stereocenters. The Hall–Kier alpha value is -2.47. The van der Waals surface area contributed by atoms with Crippen LogP contribution in [0.25, 0.3) is 0 Å². The first kappa shape index (κ1) is 35.4. The quantitative estimate of drug-likeness (QED) is 0.126. The number of nitro groups is 2. The topological polar surface area (TPSA) is 238 Å². The Bertz CT molecular complexity index is 1160. The summed E-state index contributed by atoms with van der Waals surface area (Å²) in [6.45, 7) is 0.321. The number of nitrogens with zero attached hydrogens (tertiary/aromatic N) is 2. The van der Waals surface area contributed by atoms with Gasteiger partial charge in [0.25, 0.3) is 0 Å². The molecule has 256 valence electrons. The zero-order chi connectivity index (χ0) is 32.7. The van der Waals surface area contributed by atoms with Crippen molar-refractivity contribution < 1.29 is 47.9 Å². The van der Waals surface area contributed by atoms with Crippen LogP contribution in [-0.2, 0) is 29.2 Å². The molecule has 4 fully saturated rings. The van der Waals surface area contributed by atoms with E-state index in [-0.39, 0.29) is 54.7 Å². The maximum Gasteiger partial charge on any atom is 0.307 e. The largest absolute Gasteiger partial charge is 0.481 e. The average molecular weight is 663 g/mol. The maximum absolute atomic E-state index is 13.5. The molecule has 0 aromatic heterocycles. The second-order valence-electron chi connectivity index (χ2n) is 13.3. The van der Waals surface area contributed by atoms with E-state index >= 15 is 0 Å². The van der Waals surface area contributed by atoms with Gasteiger partial charge in [0.05, 0.1) is 35.5 Å². The third-order valence-electron chi connectivity index (χ3n) is 10.6. The third-order valence-corrected chi connectivity index (χ3v) is 13.4. The van der Waals surface area contributed by atoms with Crippen LogP contribution in [-0.4, -0.2) is 88.4 Å². The van der Waals surface area contributed by atoms with Crippen molar-refractivity contribution in [2.45, 2.75) is 125 Å². The minimum atomic E-state index is -3.39. The van der Waals surface area contributed by atoms with Crippen molar-refractivity contribution in [3.63, 3.8) is 0 Å². The number of hydrogen-bond donors (Lipinski definition) is 4. The summed E-state index contributed by atoms with van der Waals surface area (Å²) in [6, 6.07) is -1.90. The highest BCUT2D eigenvalue weighted by Crippen LogP contribution is 2.36. The van der Waals surface area contributed by atoms with E-state index in [0.29, 0.717) is 77.2 Å². The molecule has 0 aromatic carbocycles. The summed E-state index contributed by atoms with van der Waals surface area (Å²) in [4.78, 5) is 56.2. The monoisotopic (exact) mass is 662 g/mol. The zero-order valence-corrected chi connectivity index (χ0v) is 26.2. The van der Waals surface area contributed by atoms with Crippen LogP contribution in [0, 0.1) is 43.9 Å². The molecule has 0 saturated heterocycles. The summed E-state index contributed by atoms with van der Waals surface area (Å²) < 4.78 is 27.0. The van der Waals surface area contributed by atoms with Crippen LogP contribution in [0.1, 0.15) is 89.9 Å². The molecule has 0 radical (unpaired) electrons. The molecule has 0 aromatic rings. The molecule has 45 heavy (non-hydrogen) atoms. The SMILES string of the molecule is O=C(O)C1CC([N+](=O)[O-])CCC1C(=O)NC1CCC(S(=O)(=O)C2CCC(NOCC3CCC([N+](=O)[O-])CC3COO)CC2)CC1. The Balaban J connectivity index is 1.17. The number of rotatable bonds is 13. The number of sulfone groups is 1. The fraction of sp³-hybridized carbons (Fsp3) is 0.929. The fourth-order valence-corrected chi connectivity index (χ4v) is 10.2. The van der Waals surface area contributed by atoms with Crippen molar-refractivity contribution in [3.05, 3.63) is 20.2 Å². The highest BCUT2D eigenvalue weighted by Gasteiger charge is 2.45. The second-order valence-corrected chi connectivity index (χ2v) is 15.9. The molecule has 0 heterocycles. The van der Waals surface area contributed by atoms with E-state index in [4.69, 9.17) is 10.1 Å². The van der Waals surface area contributed by atoms with Gasteiger partial charge in [-0.25, -0.2) is 13.3 Å². The average Bonchev–Trinajstić information content (AvgIpc) is 3.02. The molecule has 6 unspecified atom stereocenters. The summed E-state index contributed by atoms with van der Waals surface area (Å²) >= 11 is 0. The number of hydroxylamine groups is 1. The van der Waals surface area contributed by atoms with Gasteiger partial charge >= 0.3 is 5.97 Å². The Labute approximate surface area is 262 Å². The van der Waals surface area contributed by atoms with Crippen LogP contribution in [0.4, 0.5) is 0 Å². The van der Waals surface area contributed by atoms with E-state index in [2.05, 4.69) is 15.7 Å². The summed E-state index contributed by atoms with van der Waals surface area (Å²) in [5, 5.41) is 42.7. The normalized spacial score (nSPS) is 36.1. The lowest BCUT2D eigenvalue weighted by molar-refractivity contribution is -0.529. The minimum absolute atomic E-state index is 0.000292. The van der Waals surface area contributed by atoms with Gasteiger partial charge in [-0.1, -0.05) is 0 Å². The number of carbonyl (C=O) groups excluding carboxylic acids is 1. The summed E-state index contributed by atoms with van der Waals surface area (Å²) in [6.07, 6.45) is 5.43. The van der Waals surface area contributed by atoms with Crippen LogP contribution < -0.4 is 10.8 Å². The number of aliphatic carboxylic acids is 1. The Morgan fingerprint density at radius 3 is 1.84 bits per heavy atom. The molecule has 4 rings (SSSR count). The standard InChI is InChI=1S/C28H46N4O12S/c33-27(25-12-7-22(32(38)39)14-26(25)28(34)35)29-19-2-8-23(9-3-19)45(41,42)24-10-4-20(5-11-24)30-43-15-17-1-6-21(31(36)37)13-18(17)16-44-40/h17-26,30,40H,1-16H2,(H,29,33)(H,34,35). The molecule has 0 spiro atoms. The third kappa shape index (κ3) is 9.08. The predicted molar refractivity (Wildman–Crippen MR) is 158 cm³/mol. The lowest BCUT2D eigenvalue weighted by Crippen LogP contribution is -2.48. The van der Waals surface area contributed by atoms with Crippen LogP contribution in [0.5, 0.6) is 0 Å². The molecule has 4 aliphatic rings. The number of carboxylic acids is 1. The van der Waals surface area contributed by atoms with Gasteiger partial charge in [-0.3, -0.25) is 35.1 Å². The van der Waals surface area contributed by atoms with E-state index < -0.39 is 61.1 Å². The molecule has 4 N–H and O–H groups in total. The zero-order valence-electron chi connectivity index (χ0n) is 25.4. The van der Waals surface area contributed by atoms with Gasteiger partial charge < -0.3 is 15.3 Å². The minimum Gasteiger partial charge on any atom is -0.481 e. The summed E-state index contributed by atoms with van der Waals surface area (Å²) in [7, 11) is -3.39. The van der Waals surface area contributed by atoms with Crippen LogP contribution in [0.15, 0.2) is 0 Å². The van der Waals surface area contributed by atoms with Gasteiger partial charge in [-0.2, -0.15) is 5.48 Å². The highest BCUT2D eigenvalue weighted by molar-refractivity contribution is 7.92.